The van der Waals surface area contributed by atoms with Crippen molar-refractivity contribution < 1.29 is 28.6 Å². The van der Waals surface area contributed by atoms with Crippen molar-refractivity contribution in [2.45, 2.75) is 386 Å². The van der Waals surface area contributed by atoms with Crippen molar-refractivity contribution in [2.24, 2.45) is 0 Å². The van der Waals surface area contributed by atoms with Gasteiger partial charge in [0.25, 0.3) is 0 Å². The van der Waals surface area contributed by atoms with E-state index >= 15 is 0 Å². The van der Waals surface area contributed by atoms with Crippen LogP contribution in [-0.4, -0.2) is 37.2 Å². The SMILES string of the molecule is CCCCCCCCCCCCCCCCCCCCCCCCCCCCCC(=O)OCC(COC(=O)CCCCCCCCCCCC)OC(=O)CCCCCCCCCCCCCCCCCC. The van der Waals surface area contributed by atoms with E-state index in [0.29, 0.717) is 19.3 Å². The molecule has 0 amide bonds. The summed E-state index contributed by atoms with van der Waals surface area (Å²) in [5, 5.41) is 0. The summed E-state index contributed by atoms with van der Waals surface area (Å²) in [6.45, 7) is 6.71. The number of hydrogen-bond donors (Lipinski definition) is 0. The molecule has 0 aliphatic rings. The number of carbonyl (C=O) groups is 3. The van der Waals surface area contributed by atoms with Gasteiger partial charge in [0, 0.05) is 19.3 Å². The Morgan fingerprint density at radius 1 is 0.225 bits per heavy atom. The summed E-state index contributed by atoms with van der Waals surface area (Å²) >= 11 is 0. The van der Waals surface area contributed by atoms with E-state index in [1.165, 1.54) is 283 Å². The molecule has 0 radical (unpaired) electrons. The van der Waals surface area contributed by atoms with E-state index in [1.807, 2.05) is 0 Å². The molecule has 0 spiro atoms. The van der Waals surface area contributed by atoms with Gasteiger partial charge in [0.2, 0.25) is 0 Å². The fourth-order valence-electron chi connectivity index (χ4n) is 10.2. The zero-order valence-electron chi connectivity index (χ0n) is 48.5. The predicted molar refractivity (Wildman–Crippen MR) is 307 cm³/mol. The van der Waals surface area contributed by atoms with Crippen LogP contribution in [0.25, 0.3) is 0 Å². The average molecular weight is 1000 g/mol. The fourth-order valence-corrected chi connectivity index (χ4v) is 10.2. The number of ether oxygens (including phenoxy) is 3. The molecule has 0 aromatic heterocycles. The van der Waals surface area contributed by atoms with Crippen LogP contribution in [0.2, 0.25) is 0 Å². The Hall–Kier alpha value is -1.59. The van der Waals surface area contributed by atoms with Crippen LogP contribution in [0.4, 0.5) is 0 Å². The first-order chi connectivity index (χ1) is 35.0. The molecule has 0 N–H and O–H groups in total. The largest absolute Gasteiger partial charge is 0.462 e. The molecule has 422 valence electrons. The molecule has 0 saturated carbocycles. The molecule has 1 atom stereocenters. The Morgan fingerprint density at radius 2 is 0.380 bits per heavy atom. The highest BCUT2D eigenvalue weighted by Crippen LogP contribution is 2.19. The molecule has 6 heteroatoms. The minimum Gasteiger partial charge on any atom is -0.462 e. The van der Waals surface area contributed by atoms with Crippen molar-refractivity contribution >= 4 is 17.9 Å². The van der Waals surface area contributed by atoms with Gasteiger partial charge in [-0.05, 0) is 19.3 Å². The van der Waals surface area contributed by atoms with Gasteiger partial charge in [0.15, 0.2) is 6.10 Å². The first-order valence-electron chi connectivity index (χ1n) is 32.5. The fraction of sp³-hybridized carbons (Fsp3) is 0.954. The molecular formula is C65H126O6. The van der Waals surface area contributed by atoms with E-state index in [9.17, 15) is 14.4 Å². The first kappa shape index (κ1) is 69.4. The summed E-state index contributed by atoms with van der Waals surface area (Å²) in [7, 11) is 0. The van der Waals surface area contributed by atoms with Crippen molar-refractivity contribution in [3.05, 3.63) is 0 Å². The average Bonchev–Trinajstić information content (AvgIpc) is 3.37. The smallest absolute Gasteiger partial charge is 0.306 e. The highest BCUT2D eigenvalue weighted by Gasteiger charge is 2.19. The molecule has 0 saturated heterocycles. The second kappa shape index (κ2) is 61.0. The Bertz CT molecular complexity index is 1060. The quantitative estimate of drug-likeness (QED) is 0.0343. The number of esters is 3. The number of carbonyl (C=O) groups excluding carboxylic acids is 3. The molecule has 0 heterocycles. The van der Waals surface area contributed by atoms with Gasteiger partial charge in [-0.2, -0.15) is 0 Å². The highest BCUT2D eigenvalue weighted by atomic mass is 16.6. The van der Waals surface area contributed by atoms with Crippen molar-refractivity contribution in [1.82, 2.24) is 0 Å². The third-order valence-electron chi connectivity index (χ3n) is 15.1. The van der Waals surface area contributed by atoms with E-state index in [1.54, 1.807) is 0 Å². The van der Waals surface area contributed by atoms with Crippen molar-refractivity contribution in [1.29, 1.82) is 0 Å². The van der Waals surface area contributed by atoms with Crippen LogP contribution >= 0.6 is 0 Å². The summed E-state index contributed by atoms with van der Waals surface area (Å²) < 4.78 is 16.9. The van der Waals surface area contributed by atoms with E-state index < -0.39 is 6.10 Å². The van der Waals surface area contributed by atoms with Gasteiger partial charge in [-0.15, -0.1) is 0 Å². The zero-order valence-corrected chi connectivity index (χ0v) is 48.5. The van der Waals surface area contributed by atoms with Gasteiger partial charge in [-0.25, -0.2) is 0 Å². The van der Waals surface area contributed by atoms with Crippen molar-refractivity contribution in [2.75, 3.05) is 13.2 Å². The van der Waals surface area contributed by atoms with Crippen LogP contribution in [0, 0.1) is 0 Å². The zero-order chi connectivity index (χ0) is 51.4. The summed E-state index contributed by atoms with van der Waals surface area (Å²) in [5.41, 5.74) is 0. The van der Waals surface area contributed by atoms with Gasteiger partial charge in [0.1, 0.15) is 13.2 Å². The maximum absolute atomic E-state index is 12.9. The summed E-state index contributed by atoms with van der Waals surface area (Å²) in [6, 6.07) is 0. The summed E-state index contributed by atoms with van der Waals surface area (Å²) in [5.74, 6) is -0.830. The second-order valence-electron chi connectivity index (χ2n) is 22.4. The first-order valence-corrected chi connectivity index (χ1v) is 32.5. The van der Waals surface area contributed by atoms with Crippen LogP contribution in [0.15, 0.2) is 0 Å². The number of hydrogen-bond acceptors (Lipinski definition) is 6. The van der Waals surface area contributed by atoms with Gasteiger partial charge in [-0.3, -0.25) is 14.4 Å². The van der Waals surface area contributed by atoms with Gasteiger partial charge in [0.05, 0.1) is 0 Å². The highest BCUT2D eigenvalue weighted by molar-refractivity contribution is 5.71. The minimum atomic E-state index is -0.761. The maximum Gasteiger partial charge on any atom is 0.306 e. The topological polar surface area (TPSA) is 78.9 Å². The monoisotopic (exact) mass is 1000 g/mol. The van der Waals surface area contributed by atoms with E-state index in [0.717, 1.165) is 57.8 Å². The molecular weight excluding hydrogens is 877 g/mol. The molecule has 0 fully saturated rings. The maximum atomic E-state index is 12.9. The molecule has 6 nitrogen and oxygen atoms in total. The van der Waals surface area contributed by atoms with Gasteiger partial charge >= 0.3 is 17.9 Å². The Labute approximate surface area is 444 Å². The van der Waals surface area contributed by atoms with Crippen molar-refractivity contribution in [3.8, 4) is 0 Å². The lowest BCUT2D eigenvalue weighted by Gasteiger charge is -2.18. The lowest BCUT2D eigenvalue weighted by atomic mass is 10.0. The molecule has 0 bridgehead atoms. The Balaban J connectivity index is 4.09. The minimum absolute atomic E-state index is 0.0609. The Kier molecular flexibility index (Phi) is 59.6. The van der Waals surface area contributed by atoms with Gasteiger partial charge in [-0.1, -0.05) is 342 Å². The third kappa shape index (κ3) is 59.2. The molecule has 1 unspecified atom stereocenters. The molecule has 0 aliphatic heterocycles. The van der Waals surface area contributed by atoms with Crippen LogP contribution in [0.3, 0.4) is 0 Å². The lowest BCUT2D eigenvalue weighted by Crippen LogP contribution is -2.30. The normalized spacial score (nSPS) is 11.9. The third-order valence-corrected chi connectivity index (χ3v) is 15.1. The summed E-state index contributed by atoms with van der Waals surface area (Å²) in [6.07, 6.45) is 69.9. The van der Waals surface area contributed by atoms with E-state index in [4.69, 9.17) is 14.2 Å². The molecule has 0 aliphatic carbocycles. The van der Waals surface area contributed by atoms with E-state index in [-0.39, 0.29) is 31.1 Å². The Morgan fingerprint density at radius 3 is 0.563 bits per heavy atom. The van der Waals surface area contributed by atoms with Crippen LogP contribution in [-0.2, 0) is 28.6 Å². The second-order valence-corrected chi connectivity index (χ2v) is 22.4. The number of rotatable bonds is 61. The predicted octanol–water partition coefficient (Wildman–Crippen LogP) is 21.9. The van der Waals surface area contributed by atoms with Crippen LogP contribution in [0.5, 0.6) is 0 Å². The molecule has 71 heavy (non-hydrogen) atoms. The van der Waals surface area contributed by atoms with Crippen molar-refractivity contribution in [3.63, 3.8) is 0 Å². The lowest BCUT2D eigenvalue weighted by molar-refractivity contribution is -0.167. The van der Waals surface area contributed by atoms with Crippen LogP contribution in [0.1, 0.15) is 380 Å². The van der Waals surface area contributed by atoms with Gasteiger partial charge < -0.3 is 14.2 Å². The van der Waals surface area contributed by atoms with Crippen LogP contribution < -0.4 is 0 Å². The molecule has 0 aromatic rings. The molecule has 0 aromatic carbocycles. The summed E-state index contributed by atoms with van der Waals surface area (Å²) in [4.78, 5) is 38.2. The molecule has 0 rings (SSSR count). The van der Waals surface area contributed by atoms with E-state index in [2.05, 4.69) is 20.8 Å². The standard InChI is InChI=1S/C65H126O6/c1-4-7-10-13-16-19-22-24-26-28-29-30-31-32-33-34-35-36-37-38-40-41-43-46-49-52-55-58-64(67)70-61-62(60-69-63(66)57-54-51-48-45-21-18-15-12-9-6-3)71-65(68)59-56-53-50-47-44-42-39-27-25-23-20-17-14-11-8-5-2/h62H,4-61H2,1-3H3. The number of unbranched alkanes of at least 4 members (excludes halogenated alkanes) is 50.